The molecule has 0 aliphatic carbocycles. The predicted molar refractivity (Wildman–Crippen MR) is 93.7 cm³/mol. The van der Waals surface area contributed by atoms with Gasteiger partial charge in [0.15, 0.2) is 9.84 Å². The fourth-order valence-corrected chi connectivity index (χ4v) is 3.71. The van der Waals surface area contributed by atoms with Crippen LogP contribution in [0.1, 0.15) is 12.5 Å². The third kappa shape index (κ3) is 5.38. The number of anilines is 1. The average molecular weight is 367 g/mol. The van der Waals surface area contributed by atoms with E-state index in [9.17, 15) is 18.0 Å². The molecule has 1 fully saturated rings. The maximum absolute atomic E-state index is 12.5. The highest BCUT2D eigenvalue weighted by atomic mass is 32.2. The lowest BCUT2D eigenvalue weighted by molar-refractivity contribution is -0.124. The first-order valence-electron chi connectivity index (χ1n) is 7.79. The summed E-state index contributed by atoms with van der Waals surface area (Å²) in [6.07, 6.45) is 2.61. The number of para-hydroxylation sites is 1. The van der Waals surface area contributed by atoms with Gasteiger partial charge in [-0.2, -0.15) is 0 Å². The Kier molecular flexibility index (Phi) is 6.29. The summed E-state index contributed by atoms with van der Waals surface area (Å²) in [5, 5.41) is 11.3. The molecular weight excluding hydrogens is 346 g/mol. The van der Waals surface area contributed by atoms with Gasteiger partial charge in [-0.05, 0) is 24.6 Å². The van der Waals surface area contributed by atoms with Crippen LogP contribution in [0.3, 0.4) is 0 Å². The molecule has 2 rings (SSSR count). The molecule has 0 aromatic heterocycles. The first-order chi connectivity index (χ1) is 11.8. The van der Waals surface area contributed by atoms with E-state index in [0.29, 0.717) is 24.3 Å². The number of nitrogens with zero attached hydrogens (tertiary/aromatic N) is 1. The van der Waals surface area contributed by atoms with Crippen molar-refractivity contribution in [3.8, 4) is 0 Å². The summed E-state index contributed by atoms with van der Waals surface area (Å²) in [6.45, 7) is 2.38. The summed E-state index contributed by atoms with van der Waals surface area (Å²) in [6, 6.07) is 6.44. The van der Waals surface area contributed by atoms with E-state index in [1.54, 1.807) is 31.2 Å². The van der Waals surface area contributed by atoms with E-state index in [1.165, 1.54) is 11.6 Å². The van der Waals surface area contributed by atoms with Crippen LogP contribution < -0.4 is 10.8 Å². The quantitative estimate of drug-likeness (QED) is 0.391. The summed E-state index contributed by atoms with van der Waals surface area (Å²) in [4.78, 5) is 25.4. The lowest BCUT2D eigenvalue weighted by Gasteiger charge is -2.31. The number of carbonyl (C=O) groups excluding carboxylic acids is 2. The molecule has 0 bridgehead atoms. The number of nitrogens with one attached hydrogen (secondary N) is 2. The van der Waals surface area contributed by atoms with E-state index in [1.807, 2.05) is 4.90 Å². The molecular formula is C16H21N3O5S. The fourth-order valence-electron chi connectivity index (χ4n) is 2.48. The number of amides is 2. The highest BCUT2D eigenvalue weighted by Gasteiger charge is 2.28. The molecule has 1 heterocycles. The van der Waals surface area contributed by atoms with Crippen LogP contribution in [-0.4, -0.2) is 61.0 Å². The molecule has 1 atom stereocenters. The van der Waals surface area contributed by atoms with Crippen LogP contribution in [-0.2, 0) is 19.4 Å². The van der Waals surface area contributed by atoms with Gasteiger partial charge in [0.1, 0.15) is 0 Å². The average Bonchev–Trinajstić information content (AvgIpc) is 2.60. The molecule has 9 heteroatoms. The van der Waals surface area contributed by atoms with Gasteiger partial charge in [0.25, 0.3) is 5.91 Å². The molecule has 1 aliphatic heterocycles. The smallest absolute Gasteiger partial charge is 0.267 e. The van der Waals surface area contributed by atoms with E-state index in [2.05, 4.69) is 5.32 Å². The minimum atomic E-state index is -3.00. The van der Waals surface area contributed by atoms with E-state index in [-0.39, 0.29) is 17.4 Å². The van der Waals surface area contributed by atoms with Crippen LogP contribution in [0, 0.1) is 0 Å². The second-order valence-corrected chi connectivity index (χ2v) is 8.05. The predicted octanol–water partition coefficient (Wildman–Crippen LogP) is 0.263. The highest BCUT2D eigenvalue weighted by molar-refractivity contribution is 7.91. The van der Waals surface area contributed by atoms with Crippen LogP contribution in [0.25, 0.3) is 6.08 Å². The van der Waals surface area contributed by atoms with Gasteiger partial charge in [-0.3, -0.25) is 19.7 Å². The Balaban J connectivity index is 2.05. The second kappa shape index (κ2) is 8.24. The van der Waals surface area contributed by atoms with E-state index < -0.39 is 21.8 Å². The molecule has 1 saturated heterocycles. The summed E-state index contributed by atoms with van der Waals surface area (Å²) >= 11 is 0. The maximum atomic E-state index is 12.5. The van der Waals surface area contributed by atoms with Gasteiger partial charge in [0.2, 0.25) is 5.91 Å². The topological polar surface area (TPSA) is 116 Å². The SMILES string of the molecule is C[C@H](C(=O)Nc1ccccc1/C=C/C(=O)NO)N1CCS(=O)(=O)CC1. The minimum Gasteiger partial charge on any atom is -0.324 e. The van der Waals surface area contributed by atoms with Crippen molar-refractivity contribution in [2.45, 2.75) is 13.0 Å². The van der Waals surface area contributed by atoms with Crippen molar-refractivity contribution >= 4 is 33.4 Å². The molecule has 0 unspecified atom stereocenters. The number of carbonyl (C=O) groups is 2. The Bertz CT molecular complexity index is 762. The molecule has 0 spiro atoms. The van der Waals surface area contributed by atoms with Crippen molar-refractivity contribution in [3.05, 3.63) is 35.9 Å². The molecule has 1 aliphatic rings. The Hall–Kier alpha value is -2.23. The number of rotatable bonds is 5. The fraction of sp³-hybridized carbons (Fsp3) is 0.375. The van der Waals surface area contributed by atoms with Crippen LogP contribution in [0.2, 0.25) is 0 Å². The van der Waals surface area contributed by atoms with Gasteiger partial charge in [-0.1, -0.05) is 18.2 Å². The molecule has 1 aromatic rings. The van der Waals surface area contributed by atoms with Crippen LogP contribution in [0.4, 0.5) is 5.69 Å². The highest BCUT2D eigenvalue weighted by Crippen LogP contribution is 2.18. The lowest BCUT2D eigenvalue weighted by Crippen LogP contribution is -2.49. The van der Waals surface area contributed by atoms with E-state index >= 15 is 0 Å². The van der Waals surface area contributed by atoms with Gasteiger partial charge in [-0.25, -0.2) is 13.9 Å². The summed E-state index contributed by atoms with van der Waals surface area (Å²) in [5.74, 6) is -0.823. The number of hydrogen-bond acceptors (Lipinski definition) is 6. The molecule has 3 N–H and O–H groups in total. The standard InChI is InChI=1S/C16H21N3O5S/c1-12(19-8-10-25(23,24)11-9-19)16(21)17-14-5-3-2-4-13(14)6-7-15(20)18-22/h2-7,12,22H,8-11H2,1H3,(H,17,21)(H,18,20)/b7-6+/t12-/m1/s1. The first-order valence-corrected chi connectivity index (χ1v) is 9.61. The normalized spacial score (nSPS) is 18.6. The second-order valence-electron chi connectivity index (χ2n) is 5.75. The van der Waals surface area contributed by atoms with E-state index in [0.717, 1.165) is 6.08 Å². The molecule has 8 nitrogen and oxygen atoms in total. The van der Waals surface area contributed by atoms with Crippen molar-refractivity contribution in [3.63, 3.8) is 0 Å². The van der Waals surface area contributed by atoms with E-state index in [4.69, 9.17) is 5.21 Å². The number of sulfone groups is 1. The maximum Gasteiger partial charge on any atom is 0.267 e. The molecule has 2 amide bonds. The van der Waals surface area contributed by atoms with Crippen molar-refractivity contribution in [2.75, 3.05) is 29.9 Å². The third-order valence-electron chi connectivity index (χ3n) is 4.05. The number of benzene rings is 1. The zero-order valence-corrected chi connectivity index (χ0v) is 14.6. The minimum absolute atomic E-state index is 0.0558. The Morgan fingerprint density at radius 3 is 2.52 bits per heavy atom. The zero-order chi connectivity index (χ0) is 18.4. The van der Waals surface area contributed by atoms with Gasteiger partial charge in [0.05, 0.1) is 17.5 Å². The van der Waals surface area contributed by atoms with Crippen LogP contribution >= 0.6 is 0 Å². The number of hydrogen-bond donors (Lipinski definition) is 3. The summed E-state index contributed by atoms with van der Waals surface area (Å²) in [5.41, 5.74) is 2.62. The molecule has 0 radical (unpaired) electrons. The van der Waals surface area contributed by atoms with Gasteiger partial charge in [0, 0.05) is 24.9 Å². The Morgan fingerprint density at radius 1 is 1.24 bits per heavy atom. The lowest BCUT2D eigenvalue weighted by atomic mass is 10.1. The first kappa shape index (κ1) is 19.1. The molecule has 1 aromatic carbocycles. The molecule has 136 valence electrons. The Labute approximate surface area is 146 Å². The van der Waals surface area contributed by atoms with Crippen molar-refractivity contribution in [1.82, 2.24) is 10.4 Å². The van der Waals surface area contributed by atoms with Gasteiger partial charge in [-0.15, -0.1) is 0 Å². The van der Waals surface area contributed by atoms with Gasteiger partial charge < -0.3 is 5.32 Å². The monoisotopic (exact) mass is 367 g/mol. The summed E-state index contributed by atoms with van der Waals surface area (Å²) in [7, 11) is -3.00. The van der Waals surface area contributed by atoms with Crippen molar-refractivity contribution < 1.29 is 23.2 Å². The summed E-state index contributed by atoms with van der Waals surface area (Å²) < 4.78 is 23.0. The van der Waals surface area contributed by atoms with Crippen LogP contribution in [0.15, 0.2) is 30.3 Å². The molecule has 25 heavy (non-hydrogen) atoms. The van der Waals surface area contributed by atoms with Crippen LogP contribution in [0.5, 0.6) is 0 Å². The largest absolute Gasteiger partial charge is 0.324 e. The molecule has 0 saturated carbocycles. The van der Waals surface area contributed by atoms with Crippen molar-refractivity contribution in [1.29, 1.82) is 0 Å². The Morgan fingerprint density at radius 2 is 1.88 bits per heavy atom. The van der Waals surface area contributed by atoms with Crippen molar-refractivity contribution in [2.24, 2.45) is 0 Å². The third-order valence-corrected chi connectivity index (χ3v) is 5.66. The number of hydroxylamine groups is 1. The van der Waals surface area contributed by atoms with Gasteiger partial charge >= 0.3 is 0 Å². The zero-order valence-electron chi connectivity index (χ0n) is 13.8.